The molecule has 1 saturated heterocycles. The van der Waals surface area contributed by atoms with Crippen LogP contribution in [0.25, 0.3) is 0 Å². The normalized spacial score (nSPS) is 19.2. The van der Waals surface area contributed by atoms with Gasteiger partial charge < -0.3 is 4.90 Å². The lowest BCUT2D eigenvalue weighted by molar-refractivity contribution is -0.125. The second-order valence-electron chi connectivity index (χ2n) is 6.40. The highest BCUT2D eigenvalue weighted by Gasteiger charge is 2.32. The van der Waals surface area contributed by atoms with E-state index in [0.717, 1.165) is 25.3 Å². The number of rotatable bonds is 3. The van der Waals surface area contributed by atoms with E-state index in [1.165, 1.54) is 16.7 Å². The van der Waals surface area contributed by atoms with Crippen LogP contribution < -0.4 is 4.90 Å². The summed E-state index contributed by atoms with van der Waals surface area (Å²) in [6.07, 6.45) is 0. The largest absolute Gasteiger partial charge is 0.310 e. The highest BCUT2D eigenvalue weighted by Crippen LogP contribution is 2.22. The van der Waals surface area contributed by atoms with Crippen molar-refractivity contribution in [2.24, 2.45) is 0 Å². The number of aryl methyl sites for hydroxylation is 2. The number of nitrogens with zero attached hydrogens (tertiary/aromatic N) is 2. The van der Waals surface area contributed by atoms with E-state index in [4.69, 9.17) is 0 Å². The fourth-order valence-corrected chi connectivity index (χ4v) is 3.12. The molecule has 2 aromatic carbocycles. The van der Waals surface area contributed by atoms with Crippen LogP contribution >= 0.6 is 0 Å². The van der Waals surface area contributed by atoms with Gasteiger partial charge in [0.05, 0.1) is 6.04 Å². The molecule has 0 N–H and O–H groups in total. The van der Waals surface area contributed by atoms with Crippen molar-refractivity contribution in [3.63, 3.8) is 0 Å². The van der Waals surface area contributed by atoms with Crippen LogP contribution in [0.4, 0.5) is 5.69 Å². The van der Waals surface area contributed by atoms with Gasteiger partial charge in [-0.15, -0.1) is 0 Å². The highest BCUT2D eigenvalue weighted by atomic mass is 16.2. The summed E-state index contributed by atoms with van der Waals surface area (Å²) in [6.45, 7) is 8.69. The summed E-state index contributed by atoms with van der Waals surface area (Å²) in [6, 6.07) is 16.5. The van der Waals surface area contributed by atoms with Gasteiger partial charge in [0, 0.05) is 25.3 Å². The van der Waals surface area contributed by atoms with Crippen LogP contribution in [-0.2, 0) is 11.3 Å². The standard InChI is InChI=1S/C20H24N2O/c1-15-8-10-19(11-9-15)22-13-12-21(17(3)20(22)23)14-18-7-5-4-6-16(18)2/h4-11,17H,12-14H2,1-3H3. The number of anilines is 1. The Kier molecular flexibility index (Phi) is 4.49. The highest BCUT2D eigenvalue weighted by molar-refractivity contribution is 5.97. The molecule has 2 aromatic rings. The second kappa shape index (κ2) is 6.55. The molecule has 1 aliphatic rings. The van der Waals surface area contributed by atoms with Crippen LogP contribution in [0.1, 0.15) is 23.6 Å². The molecule has 0 saturated carbocycles. The number of benzene rings is 2. The third-order valence-corrected chi connectivity index (χ3v) is 4.76. The molecular formula is C20H24N2O. The third kappa shape index (κ3) is 3.30. The van der Waals surface area contributed by atoms with Crippen molar-refractivity contribution in [3.8, 4) is 0 Å². The SMILES string of the molecule is Cc1ccc(N2CCN(Cc3ccccc3C)C(C)C2=O)cc1. The van der Waals surface area contributed by atoms with Crippen LogP contribution in [0, 0.1) is 13.8 Å². The Labute approximate surface area is 138 Å². The van der Waals surface area contributed by atoms with Gasteiger partial charge in [-0.3, -0.25) is 9.69 Å². The van der Waals surface area contributed by atoms with Crippen molar-refractivity contribution >= 4 is 11.6 Å². The maximum Gasteiger partial charge on any atom is 0.244 e. The molecule has 1 unspecified atom stereocenters. The molecule has 3 heteroatoms. The van der Waals surface area contributed by atoms with Crippen molar-refractivity contribution in [2.75, 3.05) is 18.0 Å². The summed E-state index contributed by atoms with van der Waals surface area (Å²) in [5, 5.41) is 0. The van der Waals surface area contributed by atoms with Gasteiger partial charge in [0.2, 0.25) is 5.91 Å². The maximum absolute atomic E-state index is 12.8. The molecule has 1 atom stereocenters. The van der Waals surface area contributed by atoms with Gasteiger partial charge in [-0.05, 0) is 44.0 Å². The van der Waals surface area contributed by atoms with Crippen LogP contribution in [0.3, 0.4) is 0 Å². The molecule has 1 aliphatic heterocycles. The molecule has 3 nitrogen and oxygen atoms in total. The average molecular weight is 308 g/mol. The molecule has 23 heavy (non-hydrogen) atoms. The first-order valence-electron chi connectivity index (χ1n) is 8.23. The van der Waals surface area contributed by atoms with E-state index in [9.17, 15) is 4.79 Å². The van der Waals surface area contributed by atoms with Crippen LogP contribution in [-0.4, -0.2) is 29.9 Å². The predicted octanol–water partition coefficient (Wildman–Crippen LogP) is 3.54. The fraction of sp³-hybridized carbons (Fsp3) is 0.350. The number of hydrogen-bond acceptors (Lipinski definition) is 2. The molecule has 120 valence electrons. The number of amides is 1. The molecule has 1 heterocycles. The van der Waals surface area contributed by atoms with E-state index in [-0.39, 0.29) is 11.9 Å². The van der Waals surface area contributed by atoms with Crippen LogP contribution in [0.5, 0.6) is 0 Å². The van der Waals surface area contributed by atoms with Crippen molar-refractivity contribution in [2.45, 2.75) is 33.4 Å². The molecule has 1 fully saturated rings. The zero-order valence-corrected chi connectivity index (χ0v) is 14.1. The summed E-state index contributed by atoms with van der Waals surface area (Å²) in [7, 11) is 0. The molecule has 0 aromatic heterocycles. The Bertz CT molecular complexity index is 693. The topological polar surface area (TPSA) is 23.6 Å². The summed E-state index contributed by atoms with van der Waals surface area (Å²) >= 11 is 0. The monoisotopic (exact) mass is 308 g/mol. The Balaban J connectivity index is 1.73. The zero-order chi connectivity index (χ0) is 16.4. The Morgan fingerprint density at radius 2 is 1.70 bits per heavy atom. The summed E-state index contributed by atoms with van der Waals surface area (Å²) in [5.41, 5.74) is 4.81. The summed E-state index contributed by atoms with van der Waals surface area (Å²) in [5.74, 6) is 0.189. The van der Waals surface area contributed by atoms with Gasteiger partial charge >= 0.3 is 0 Å². The number of carbonyl (C=O) groups is 1. The van der Waals surface area contributed by atoms with Crippen molar-refractivity contribution < 1.29 is 4.79 Å². The Morgan fingerprint density at radius 3 is 2.39 bits per heavy atom. The third-order valence-electron chi connectivity index (χ3n) is 4.76. The number of hydrogen-bond donors (Lipinski definition) is 0. The maximum atomic E-state index is 12.8. The first kappa shape index (κ1) is 15.8. The lowest BCUT2D eigenvalue weighted by Gasteiger charge is -2.39. The average Bonchev–Trinajstić information content (AvgIpc) is 2.55. The second-order valence-corrected chi connectivity index (χ2v) is 6.40. The quantitative estimate of drug-likeness (QED) is 0.866. The van der Waals surface area contributed by atoms with E-state index < -0.39 is 0 Å². The molecule has 0 spiro atoms. The van der Waals surface area contributed by atoms with Gasteiger partial charge in [0.15, 0.2) is 0 Å². The predicted molar refractivity (Wildman–Crippen MR) is 94.6 cm³/mol. The smallest absolute Gasteiger partial charge is 0.244 e. The lowest BCUT2D eigenvalue weighted by Crippen LogP contribution is -2.55. The van der Waals surface area contributed by atoms with E-state index >= 15 is 0 Å². The van der Waals surface area contributed by atoms with Crippen molar-refractivity contribution in [1.29, 1.82) is 0 Å². The molecule has 0 bridgehead atoms. The van der Waals surface area contributed by atoms with Crippen LogP contribution in [0.15, 0.2) is 48.5 Å². The molecule has 1 amide bonds. The minimum atomic E-state index is -0.0929. The van der Waals surface area contributed by atoms with Crippen LogP contribution in [0.2, 0.25) is 0 Å². The van der Waals surface area contributed by atoms with E-state index in [0.29, 0.717) is 0 Å². The van der Waals surface area contributed by atoms with Gasteiger partial charge in [-0.25, -0.2) is 0 Å². The lowest BCUT2D eigenvalue weighted by atomic mass is 10.1. The van der Waals surface area contributed by atoms with Gasteiger partial charge in [0.1, 0.15) is 0 Å². The minimum absolute atomic E-state index is 0.0929. The van der Waals surface area contributed by atoms with E-state index in [2.05, 4.69) is 55.1 Å². The van der Waals surface area contributed by atoms with E-state index in [1.54, 1.807) is 0 Å². The summed E-state index contributed by atoms with van der Waals surface area (Å²) in [4.78, 5) is 17.0. The molecule has 3 rings (SSSR count). The first-order valence-corrected chi connectivity index (χ1v) is 8.23. The number of carbonyl (C=O) groups excluding carboxylic acids is 1. The molecule has 0 aliphatic carbocycles. The zero-order valence-electron chi connectivity index (χ0n) is 14.1. The summed E-state index contributed by atoms with van der Waals surface area (Å²) < 4.78 is 0. The molecular weight excluding hydrogens is 284 g/mol. The van der Waals surface area contributed by atoms with Crippen molar-refractivity contribution in [3.05, 3.63) is 65.2 Å². The van der Waals surface area contributed by atoms with Crippen molar-refractivity contribution in [1.82, 2.24) is 4.90 Å². The van der Waals surface area contributed by atoms with Gasteiger partial charge in [-0.1, -0.05) is 42.0 Å². The first-order chi connectivity index (χ1) is 11.1. The Hall–Kier alpha value is -2.13. The fourth-order valence-electron chi connectivity index (χ4n) is 3.12. The van der Waals surface area contributed by atoms with Gasteiger partial charge in [-0.2, -0.15) is 0 Å². The Morgan fingerprint density at radius 1 is 1.00 bits per heavy atom. The van der Waals surface area contributed by atoms with Gasteiger partial charge in [0.25, 0.3) is 0 Å². The number of piperazine rings is 1. The molecule has 0 radical (unpaired) electrons. The van der Waals surface area contributed by atoms with E-state index in [1.807, 2.05) is 24.0 Å². The minimum Gasteiger partial charge on any atom is -0.310 e.